The van der Waals surface area contributed by atoms with Gasteiger partial charge in [-0.25, -0.2) is 19.1 Å². The number of hydrazine groups is 1. The fourth-order valence-corrected chi connectivity index (χ4v) is 7.70. The Balaban J connectivity index is 1.69. The highest BCUT2D eigenvalue weighted by Crippen LogP contribution is 2.44. The Bertz CT molecular complexity index is 2140. The normalized spacial score (nSPS) is 16.8. The zero-order valence-electron chi connectivity index (χ0n) is 30.2. The van der Waals surface area contributed by atoms with Crippen molar-refractivity contribution in [1.29, 1.82) is 0 Å². The van der Waals surface area contributed by atoms with Crippen molar-refractivity contribution in [3.8, 4) is 11.5 Å². The van der Waals surface area contributed by atoms with E-state index in [-0.39, 0.29) is 36.1 Å². The molecule has 1 aliphatic rings. The van der Waals surface area contributed by atoms with Crippen LogP contribution in [0, 0.1) is 5.92 Å². The number of nitrogens with zero attached hydrogens (tertiary/aromatic N) is 3. The summed E-state index contributed by atoms with van der Waals surface area (Å²) in [7, 11) is -4.08. The zero-order valence-corrected chi connectivity index (χ0v) is 31.1. The van der Waals surface area contributed by atoms with Gasteiger partial charge in [-0.2, -0.15) is 13.2 Å². The molecule has 54 heavy (non-hydrogen) atoms. The van der Waals surface area contributed by atoms with E-state index in [9.17, 15) is 31.2 Å². The number of likely N-dealkylation sites (tertiary alicyclic amines) is 1. The molecular formula is C38H41F3N4O8S. The van der Waals surface area contributed by atoms with E-state index in [0.29, 0.717) is 22.7 Å². The predicted molar refractivity (Wildman–Crippen MR) is 193 cm³/mol. The third kappa shape index (κ3) is 8.29. The van der Waals surface area contributed by atoms with Crippen LogP contribution < -0.4 is 20.3 Å². The predicted octanol–water partition coefficient (Wildman–Crippen LogP) is 6.25. The van der Waals surface area contributed by atoms with Crippen LogP contribution in [0.25, 0.3) is 10.8 Å². The summed E-state index contributed by atoms with van der Waals surface area (Å²) >= 11 is 0. The van der Waals surface area contributed by atoms with Crippen LogP contribution in [0.2, 0.25) is 0 Å². The van der Waals surface area contributed by atoms with Crippen LogP contribution in [0.1, 0.15) is 64.3 Å². The van der Waals surface area contributed by atoms with E-state index in [1.165, 1.54) is 48.0 Å². The molecule has 2 N–H and O–H groups in total. The van der Waals surface area contributed by atoms with Crippen LogP contribution in [0.3, 0.4) is 0 Å². The van der Waals surface area contributed by atoms with Crippen molar-refractivity contribution < 1.29 is 50.2 Å². The van der Waals surface area contributed by atoms with Gasteiger partial charge in [-0.3, -0.25) is 19.6 Å². The number of rotatable bonds is 12. The van der Waals surface area contributed by atoms with E-state index in [1.54, 1.807) is 61.8 Å². The van der Waals surface area contributed by atoms with Gasteiger partial charge in [0.1, 0.15) is 6.04 Å². The minimum Gasteiger partial charge on any atom is -0.490 e. The second-order valence-electron chi connectivity index (χ2n) is 13.2. The number of aromatic nitrogens is 1. The number of halogens is 3. The third-order valence-corrected chi connectivity index (χ3v) is 11.2. The number of hydrogen-bond donors (Lipinski definition) is 1. The van der Waals surface area contributed by atoms with Crippen molar-refractivity contribution in [1.82, 2.24) is 9.88 Å². The number of esters is 2. The largest absolute Gasteiger partial charge is 0.491 e. The average Bonchev–Trinajstić information content (AvgIpc) is 3.57. The molecule has 0 bridgehead atoms. The summed E-state index contributed by atoms with van der Waals surface area (Å²) in [6.45, 7) is 8.35. The fraction of sp³-hybridized carbons (Fsp3) is 0.368. The van der Waals surface area contributed by atoms with E-state index in [1.807, 2.05) is 13.8 Å². The highest BCUT2D eigenvalue weighted by molar-refractivity contribution is 7.92. The van der Waals surface area contributed by atoms with Crippen molar-refractivity contribution in [3.05, 3.63) is 90.3 Å². The Kier molecular flexibility index (Phi) is 11.9. The van der Waals surface area contributed by atoms with E-state index in [4.69, 9.17) is 15.3 Å². The number of fused-ring (bicyclic) bond motifs is 1. The number of ether oxygens (including phenoxy) is 3. The van der Waals surface area contributed by atoms with Gasteiger partial charge in [0.05, 0.1) is 40.5 Å². The Morgan fingerprint density at radius 3 is 2.37 bits per heavy atom. The Hall–Kier alpha value is -5.22. The topological polar surface area (TPSA) is 158 Å². The lowest BCUT2D eigenvalue weighted by molar-refractivity contribution is -0.203. The molecular weight excluding hydrogens is 729 g/mol. The first-order chi connectivity index (χ1) is 25.4. The van der Waals surface area contributed by atoms with Crippen molar-refractivity contribution in [2.75, 3.05) is 18.2 Å². The highest BCUT2D eigenvalue weighted by Gasteiger charge is 2.50. The van der Waals surface area contributed by atoms with E-state index in [2.05, 4.69) is 9.72 Å². The molecule has 1 aliphatic heterocycles. The smallest absolute Gasteiger partial charge is 0.490 e. The standard InChI is InChI=1S/C38H41F3N4O8S/c1-6-51-31-20-25(12-14-30(31)52-22(2)3)33(45(42)27-13-11-26-21-43-17-15-24(26)19-27)35(46)44-18-16-29(36(47)53-37(48)38(39,40)41)34(44)28-9-7-8-10-32(28)54(49,50)23(4)5/h7-15,17,19-23,29,33-34H,6,16,18,42H2,1-5H3. The summed E-state index contributed by atoms with van der Waals surface area (Å²) in [5.41, 5.74) is 0.671. The fourth-order valence-electron chi connectivity index (χ4n) is 6.41. The summed E-state index contributed by atoms with van der Waals surface area (Å²) in [5, 5.41) is 1.82. The molecule has 0 spiro atoms. The van der Waals surface area contributed by atoms with Crippen LogP contribution in [-0.2, 0) is 29.0 Å². The van der Waals surface area contributed by atoms with Crippen molar-refractivity contribution in [3.63, 3.8) is 0 Å². The highest BCUT2D eigenvalue weighted by atomic mass is 32.2. The van der Waals surface area contributed by atoms with Crippen molar-refractivity contribution in [2.24, 2.45) is 11.8 Å². The lowest BCUT2D eigenvalue weighted by atomic mass is 9.93. The van der Waals surface area contributed by atoms with Gasteiger partial charge in [0.25, 0.3) is 5.91 Å². The molecule has 1 amide bonds. The first kappa shape index (κ1) is 40.0. The Morgan fingerprint density at radius 1 is 0.981 bits per heavy atom. The molecule has 1 saturated heterocycles. The van der Waals surface area contributed by atoms with Gasteiger partial charge < -0.3 is 19.1 Å². The lowest BCUT2D eigenvalue weighted by Gasteiger charge is -2.36. The van der Waals surface area contributed by atoms with Gasteiger partial charge in [0, 0.05) is 24.3 Å². The van der Waals surface area contributed by atoms with E-state index in [0.717, 1.165) is 10.8 Å². The van der Waals surface area contributed by atoms with Crippen LogP contribution in [0.5, 0.6) is 11.5 Å². The summed E-state index contributed by atoms with van der Waals surface area (Å²) < 4.78 is 83.1. The molecule has 0 saturated carbocycles. The minimum absolute atomic E-state index is 0.0327. The molecule has 12 nitrogen and oxygen atoms in total. The monoisotopic (exact) mass is 770 g/mol. The number of benzene rings is 3. The molecule has 4 aromatic rings. The number of pyridine rings is 1. The molecule has 1 aromatic heterocycles. The second kappa shape index (κ2) is 16.0. The number of sulfone groups is 1. The Morgan fingerprint density at radius 2 is 1.70 bits per heavy atom. The van der Waals surface area contributed by atoms with Crippen molar-refractivity contribution >= 4 is 44.1 Å². The van der Waals surface area contributed by atoms with Gasteiger partial charge in [-0.15, -0.1) is 0 Å². The molecule has 0 aliphatic carbocycles. The second-order valence-corrected chi connectivity index (χ2v) is 15.7. The van der Waals surface area contributed by atoms with Crippen LogP contribution in [0.15, 0.2) is 84.0 Å². The number of carbonyl (C=O) groups excluding carboxylic acids is 3. The van der Waals surface area contributed by atoms with Gasteiger partial charge in [-0.1, -0.05) is 30.3 Å². The first-order valence-corrected chi connectivity index (χ1v) is 18.8. The number of alkyl halides is 3. The first-order valence-electron chi connectivity index (χ1n) is 17.2. The Labute approximate surface area is 310 Å². The molecule has 3 atom stereocenters. The quantitative estimate of drug-likeness (QED) is 0.0752. The average molecular weight is 771 g/mol. The summed E-state index contributed by atoms with van der Waals surface area (Å²) in [5.74, 6) is 0.955. The van der Waals surface area contributed by atoms with Gasteiger partial charge in [-0.05, 0) is 94.0 Å². The van der Waals surface area contributed by atoms with Gasteiger partial charge in [0.2, 0.25) is 0 Å². The summed E-state index contributed by atoms with van der Waals surface area (Å²) in [6, 6.07) is 14.5. The lowest BCUT2D eigenvalue weighted by Crippen LogP contribution is -2.47. The zero-order chi connectivity index (χ0) is 39.5. The SMILES string of the molecule is CCOc1cc(C(C(=O)N2CCC(C(=O)OC(=O)C(F)(F)F)C2c2ccccc2S(=O)(=O)C(C)C)N(N)c2ccc3cnccc3c2)ccc1OC(C)C. The van der Waals surface area contributed by atoms with Crippen molar-refractivity contribution in [2.45, 2.75) is 75.5 Å². The van der Waals surface area contributed by atoms with Crippen LogP contribution in [-0.4, -0.2) is 66.8 Å². The summed E-state index contributed by atoms with van der Waals surface area (Å²) in [4.78, 5) is 45.5. The number of hydrogen-bond acceptors (Lipinski definition) is 11. The molecule has 288 valence electrons. The number of carbonyl (C=O) groups is 3. The molecule has 2 heterocycles. The van der Waals surface area contributed by atoms with Crippen LogP contribution in [0.4, 0.5) is 18.9 Å². The maximum atomic E-state index is 15.2. The minimum atomic E-state index is -5.48. The summed E-state index contributed by atoms with van der Waals surface area (Å²) in [6.07, 6.45) is -2.72. The third-order valence-electron chi connectivity index (χ3n) is 8.95. The van der Waals surface area contributed by atoms with E-state index >= 15 is 4.79 Å². The maximum absolute atomic E-state index is 15.2. The molecule has 3 unspecified atom stereocenters. The molecule has 5 rings (SSSR count). The van der Waals surface area contributed by atoms with Crippen LogP contribution >= 0.6 is 0 Å². The van der Waals surface area contributed by atoms with E-state index < -0.39 is 57.1 Å². The molecule has 16 heteroatoms. The number of amides is 1. The number of anilines is 1. The van der Waals surface area contributed by atoms with Gasteiger partial charge in [0.15, 0.2) is 21.3 Å². The molecule has 3 aromatic carbocycles. The number of nitrogens with two attached hydrogens (primary N) is 1. The molecule has 1 fully saturated rings. The van der Waals surface area contributed by atoms with Gasteiger partial charge >= 0.3 is 18.1 Å². The molecule has 0 radical (unpaired) electrons. The maximum Gasteiger partial charge on any atom is 0.491 e.